The molecule has 2 heteroatoms. The van der Waals surface area contributed by atoms with Gasteiger partial charge in [0.1, 0.15) is 0 Å². The molecule has 0 saturated carbocycles. The first-order valence-electron chi connectivity index (χ1n) is 12.8. The van der Waals surface area contributed by atoms with Crippen LogP contribution < -0.4 is 0 Å². The van der Waals surface area contributed by atoms with Gasteiger partial charge in [-0.15, -0.1) is 0 Å². The minimum Gasteiger partial charge on any atom is -0.371 e. The van der Waals surface area contributed by atoms with E-state index < -0.39 is 0 Å². The molecule has 1 atom stereocenters. The minimum absolute atomic E-state index is 0.418. The molecule has 0 spiro atoms. The van der Waals surface area contributed by atoms with Crippen molar-refractivity contribution in [2.24, 2.45) is 5.92 Å². The molecule has 1 heterocycles. The number of rotatable bonds is 8. The summed E-state index contributed by atoms with van der Waals surface area (Å²) in [5.41, 5.74) is 7.83. The van der Waals surface area contributed by atoms with Gasteiger partial charge in [-0.05, 0) is 75.4 Å². The van der Waals surface area contributed by atoms with Crippen LogP contribution in [0.3, 0.4) is 0 Å². The summed E-state index contributed by atoms with van der Waals surface area (Å²) in [5, 5.41) is 0. The smallest absolute Gasteiger partial charge is 0.0504 e. The summed E-state index contributed by atoms with van der Waals surface area (Å²) in [5.74, 6) is 0.571. The van der Waals surface area contributed by atoms with E-state index in [0.717, 1.165) is 25.0 Å². The maximum atomic E-state index is 4.46. The third kappa shape index (κ3) is 6.39. The van der Waals surface area contributed by atoms with Crippen molar-refractivity contribution in [3.05, 3.63) is 113 Å². The summed E-state index contributed by atoms with van der Waals surface area (Å²) in [6.45, 7) is 12.2. The van der Waals surface area contributed by atoms with Crippen LogP contribution in [0.5, 0.6) is 0 Å². The van der Waals surface area contributed by atoms with E-state index in [2.05, 4.69) is 116 Å². The van der Waals surface area contributed by atoms with Crippen molar-refractivity contribution in [3.8, 4) is 0 Å². The fourth-order valence-electron chi connectivity index (χ4n) is 5.08. The van der Waals surface area contributed by atoms with Crippen molar-refractivity contribution in [2.45, 2.75) is 45.6 Å². The molecular formula is C32H40N2. The van der Waals surface area contributed by atoms with Crippen molar-refractivity contribution >= 4 is 5.57 Å². The highest BCUT2D eigenvalue weighted by atomic mass is 15.2. The summed E-state index contributed by atoms with van der Waals surface area (Å²) < 4.78 is 0. The summed E-state index contributed by atoms with van der Waals surface area (Å²) >= 11 is 0. The first-order valence-corrected chi connectivity index (χ1v) is 12.8. The Morgan fingerprint density at radius 3 is 2.24 bits per heavy atom. The molecule has 0 amide bonds. The molecule has 1 unspecified atom stereocenters. The van der Waals surface area contributed by atoms with E-state index in [0.29, 0.717) is 12.0 Å². The number of aryl methyl sites for hydroxylation is 2. The molecule has 1 saturated heterocycles. The van der Waals surface area contributed by atoms with E-state index in [1.807, 2.05) is 0 Å². The zero-order valence-electron chi connectivity index (χ0n) is 21.2. The van der Waals surface area contributed by atoms with Crippen LogP contribution in [0, 0.1) is 19.8 Å². The predicted octanol–water partition coefficient (Wildman–Crippen LogP) is 6.97. The van der Waals surface area contributed by atoms with Crippen LogP contribution in [0.4, 0.5) is 0 Å². The molecule has 2 nitrogen and oxygen atoms in total. The van der Waals surface area contributed by atoms with E-state index in [9.17, 15) is 0 Å². The number of piperidine rings is 1. The van der Waals surface area contributed by atoms with Crippen LogP contribution in [-0.2, 0) is 6.42 Å². The Bertz CT molecular complexity index is 1030. The summed E-state index contributed by atoms with van der Waals surface area (Å²) in [7, 11) is 2.27. The van der Waals surface area contributed by atoms with Crippen LogP contribution in [0.25, 0.3) is 5.57 Å². The number of hydrogen-bond donors (Lipinski definition) is 0. The van der Waals surface area contributed by atoms with Crippen molar-refractivity contribution in [1.29, 1.82) is 0 Å². The number of likely N-dealkylation sites (N-methyl/N-ethyl adjacent to an activating group) is 1. The zero-order valence-corrected chi connectivity index (χ0v) is 21.2. The molecule has 1 fully saturated rings. The third-order valence-corrected chi connectivity index (χ3v) is 7.45. The van der Waals surface area contributed by atoms with Crippen LogP contribution in [-0.4, -0.2) is 42.5 Å². The fourth-order valence-corrected chi connectivity index (χ4v) is 5.08. The Morgan fingerprint density at radius 1 is 0.971 bits per heavy atom. The maximum absolute atomic E-state index is 4.46. The van der Waals surface area contributed by atoms with E-state index in [1.165, 1.54) is 53.9 Å². The quantitative estimate of drug-likeness (QED) is 0.399. The maximum Gasteiger partial charge on any atom is 0.0504 e. The van der Waals surface area contributed by atoms with Gasteiger partial charge in [0.25, 0.3) is 0 Å². The number of allylic oxidation sites excluding steroid dienone is 5. The Hall–Kier alpha value is -2.84. The lowest BCUT2D eigenvalue weighted by molar-refractivity contribution is 0.178. The molecule has 0 radical (unpaired) electrons. The molecule has 1 aliphatic heterocycles. The number of likely N-dealkylation sites (tertiary alicyclic amines) is 1. The van der Waals surface area contributed by atoms with Gasteiger partial charge in [-0.1, -0.05) is 90.5 Å². The molecule has 34 heavy (non-hydrogen) atoms. The van der Waals surface area contributed by atoms with E-state index >= 15 is 0 Å². The first-order chi connectivity index (χ1) is 16.5. The van der Waals surface area contributed by atoms with Crippen LogP contribution in [0.2, 0.25) is 0 Å². The zero-order chi connectivity index (χ0) is 23.9. The van der Waals surface area contributed by atoms with Gasteiger partial charge < -0.3 is 9.80 Å². The Morgan fingerprint density at radius 2 is 1.62 bits per heavy atom. The van der Waals surface area contributed by atoms with Gasteiger partial charge in [-0.2, -0.15) is 0 Å². The van der Waals surface area contributed by atoms with Gasteiger partial charge in [0.05, 0.1) is 6.04 Å². The minimum atomic E-state index is 0.418. The summed E-state index contributed by atoms with van der Waals surface area (Å²) in [6, 6.07) is 18.2. The lowest BCUT2D eigenvalue weighted by Gasteiger charge is -2.39. The average molecular weight is 453 g/mol. The second-order valence-electron chi connectivity index (χ2n) is 10.0. The second kappa shape index (κ2) is 11.5. The van der Waals surface area contributed by atoms with Gasteiger partial charge in [-0.25, -0.2) is 0 Å². The van der Waals surface area contributed by atoms with Crippen molar-refractivity contribution in [1.82, 2.24) is 9.80 Å². The van der Waals surface area contributed by atoms with E-state index in [4.69, 9.17) is 0 Å². The van der Waals surface area contributed by atoms with Crippen molar-refractivity contribution in [3.63, 3.8) is 0 Å². The Kier molecular flexibility index (Phi) is 8.24. The van der Waals surface area contributed by atoms with Crippen LogP contribution in [0.15, 0.2) is 91.2 Å². The standard InChI is InChI=1S/C32H40N2/c1-25-10-14-28(15-11-25)18-21-34-22-19-30(20-23-34)32(33(4)31-8-6-5-7-9-31)24-27(3)29-16-12-26(2)13-17-29/h5-8,10-17,24,30-31H,3,9,18-23H2,1-2,4H3/b32-24-. The molecule has 178 valence electrons. The van der Waals surface area contributed by atoms with Crippen LogP contribution >= 0.6 is 0 Å². The molecule has 0 aromatic heterocycles. The fraction of sp³-hybridized carbons (Fsp3) is 0.375. The van der Waals surface area contributed by atoms with Crippen molar-refractivity contribution in [2.75, 3.05) is 26.7 Å². The largest absolute Gasteiger partial charge is 0.371 e. The monoisotopic (exact) mass is 452 g/mol. The average Bonchev–Trinajstić information content (AvgIpc) is 2.88. The topological polar surface area (TPSA) is 6.48 Å². The first kappa shape index (κ1) is 24.3. The number of hydrogen-bond acceptors (Lipinski definition) is 2. The predicted molar refractivity (Wildman–Crippen MR) is 147 cm³/mol. The number of nitrogens with zero attached hydrogens (tertiary/aromatic N) is 2. The van der Waals surface area contributed by atoms with Gasteiger partial charge >= 0.3 is 0 Å². The molecule has 1 aliphatic carbocycles. The molecule has 2 aromatic carbocycles. The van der Waals surface area contributed by atoms with E-state index in [-0.39, 0.29) is 0 Å². The number of benzene rings is 2. The van der Waals surface area contributed by atoms with Crippen LogP contribution in [0.1, 0.15) is 41.5 Å². The second-order valence-corrected chi connectivity index (χ2v) is 10.0. The molecule has 2 aromatic rings. The Labute approximate surface area is 207 Å². The molecular weight excluding hydrogens is 412 g/mol. The summed E-state index contributed by atoms with van der Waals surface area (Å²) in [4.78, 5) is 5.15. The van der Waals surface area contributed by atoms with Gasteiger partial charge in [0, 0.05) is 25.2 Å². The normalized spacial score (nSPS) is 19.4. The molecule has 2 aliphatic rings. The molecule has 0 N–H and O–H groups in total. The highest BCUT2D eigenvalue weighted by molar-refractivity contribution is 5.72. The van der Waals surface area contributed by atoms with Gasteiger partial charge in [-0.3, -0.25) is 0 Å². The SMILES string of the molecule is C=C(/C=C(/C1CCN(CCc2ccc(C)cc2)CC1)N(C)C1C=CC=CC1)c1ccc(C)cc1. The lowest BCUT2D eigenvalue weighted by atomic mass is 9.89. The molecule has 0 bridgehead atoms. The lowest BCUT2D eigenvalue weighted by Crippen LogP contribution is -2.40. The highest BCUT2D eigenvalue weighted by Gasteiger charge is 2.27. The Balaban J connectivity index is 1.44. The summed E-state index contributed by atoms with van der Waals surface area (Å²) in [6.07, 6.45) is 15.9. The third-order valence-electron chi connectivity index (χ3n) is 7.45. The highest BCUT2D eigenvalue weighted by Crippen LogP contribution is 2.31. The van der Waals surface area contributed by atoms with E-state index in [1.54, 1.807) is 0 Å². The van der Waals surface area contributed by atoms with Gasteiger partial charge in [0.2, 0.25) is 0 Å². The van der Waals surface area contributed by atoms with Gasteiger partial charge in [0.15, 0.2) is 0 Å². The molecule has 4 rings (SSSR count). The van der Waals surface area contributed by atoms with Crippen molar-refractivity contribution < 1.29 is 0 Å².